The number of carbonyl (C=O) groups is 1. The largest absolute Gasteiger partial charge is 0.709 e. The van der Waals surface area contributed by atoms with E-state index >= 15 is 0 Å². The molecule has 0 aromatic rings. The first-order valence-corrected chi connectivity index (χ1v) is 1.66. The Hall–Kier alpha value is -0.545. The molecule has 2 N–H and O–H groups in total. The molecular weight excluding hydrogens is 98.8 g/mol. The van der Waals surface area contributed by atoms with Crippen molar-refractivity contribution in [3.05, 3.63) is 0 Å². The summed E-state index contributed by atoms with van der Waals surface area (Å²) in [6.07, 6.45) is 0. The van der Waals surface area contributed by atoms with E-state index in [0.29, 0.717) is 0 Å². The molecule has 0 saturated heterocycles. The van der Waals surface area contributed by atoms with E-state index in [1.807, 2.05) is 0 Å². The lowest BCUT2D eigenvalue weighted by Gasteiger charge is -1.93. The van der Waals surface area contributed by atoms with Gasteiger partial charge in [-0.25, -0.2) is 0 Å². The summed E-state index contributed by atoms with van der Waals surface area (Å²) >= 11 is 0. The minimum Gasteiger partial charge on any atom is -0.485 e. The van der Waals surface area contributed by atoms with Crippen LogP contribution in [0.25, 0.3) is 0 Å². The van der Waals surface area contributed by atoms with E-state index in [2.05, 4.69) is 4.65 Å². The van der Waals surface area contributed by atoms with Gasteiger partial charge in [0.25, 0.3) is 5.97 Å². The van der Waals surface area contributed by atoms with Gasteiger partial charge in [0.05, 0.1) is 0 Å². The zero-order chi connectivity index (χ0) is 5.86. The van der Waals surface area contributed by atoms with Gasteiger partial charge in [-0.2, -0.15) is 0 Å². The van der Waals surface area contributed by atoms with Crippen LogP contribution in [0.15, 0.2) is 0 Å². The zero-order valence-corrected chi connectivity index (χ0v) is 3.79. The fourth-order valence-electron chi connectivity index (χ4n) is 0.148. The number of carbonyl (C=O) groups excluding carboxylic acids is 1. The van der Waals surface area contributed by atoms with Gasteiger partial charge >= 0.3 is 7.32 Å². The highest BCUT2D eigenvalue weighted by Gasteiger charge is 2.10. The molecule has 0 radical (unpaired) electrons. The predicted octanol–water partition coefficient (Wildman–Crippen LogP) is -1.48. The molecule has 7 heavy (non-hydrogen) atoms. The van der Waals surface area contributed by atoms with E-state index in [1.165, 1.54) is 0 Å². The van der Waals surface area contributed by atoms with Crippen LogP contribution >= 0.6 is 0 Å². The Morgan fingerprint density at radius 2 is 2.14 bits per heavy atom. The first-order chi connectivity index (χ1) is 3.13. The van der Waals surface area contributed by atoms with Crippen molar-refractivity contribution in [3.8, 4) is 0 Å². The predicted molar refractivity (Wildman–Crippen MR) is 22.0 cm³/mol. The van der Waals surface area contributed by atoms with E-state index < -0.39 is 13.3 Å². The van der Waals surface area contributed by atoms with Crippen molar-refractivity contribution < 1.29 is 19.5 Å². The monoisotopic (exact) mass is 104 g/mol. The Morgan fingerprint density at radius 1 is 1.71 bits per heavy atom. The van der Waals surface area contributed by atoms with Crippen molar-refractivity contribution in [1.29, 1.82) is 0 Å². The zero-order valence-electron chi connectivity index (χ0n) is 3.79. The molecule has 0 aliphatic rings. The van der Waals surface area contributed by atoms with Gasteiger partial charge in [-0.15, -0.1) is 0 Å². The summed E-state index contributed by atoms with van der Waals surface area (Å²) in [4.78, 5) is 9.71. The van der Waals surface area contributed by atoms with Crippen LogP contribution in [0, 0.1) is 0 Å². The Balaban J connectivity index is 3.13. The molecule has 0 fully saturated rings. The van der Waals surface area contributed by atoms with Crippen LogP contribution < -0.4 is 0 Å². The van der Waals surface area contributed by atoms with Crippen LogP contribution in [-0.2, 0) is 9.45 Å². The fraction of sp³-hybridized carbons (Fsp3) is 0.500. The standard InChI is InChI=1S/C2H5BO4/c1-2(4)7-3(5)6/h5-6H,1H3. The highest BCUT2D eigenvalue weighted by molar-refractivity contribution is 6.35. The minimum absolute atomic E-state index is 0.713. The molecule has 0 spiro atoms. The quantitative estimate of drug-likeness (QED) is 0.398. The normalized spacial score (nSPS) is 7.86. The summed E-state index contributed by atoms with van der Waals surface area (Å²) in [6.45, 7) is 1.08. The molecule has 0 aromatic heterocycles. The van der Waals surface area contributed by atoms with Gasteiger partial charge in [0, 0.05) is 6.92 Å². The summed E-state index contributed by atoms with van der Waals surface area (Å²) in [7, 11) is -1.97. The maximum Gasteiger partial charge on any atom is 0.709 e. The lowest BCUT2D eigenvalue weighted by Crippen LogP contribution is -2.19. The Kier molecular flexibility index (Phi) is 2.40. The molecule has 0 atom stereocenters. The molecule has 0 aliphatic carbocycles. The molecule has 0 unspecified atom stereocenters. The highest BCUT2D eigenvalue weighted by Crippen LogP contribution is 1.73. The minimum atomic E-state index is -1.97. The van der Waals surface area contributed by atoms with E-state index in [1.54, 1.807) is 0 Å². The molecule has 4 nitrogen and oxygen atoms in total. The molecule has 0 bridgehead atoms. The van der Waals surface area contributed by atoms with Crippen LogP contribution in [0.3, 0.4) is 0 Å². The van der Waals surface area contributed by atoms with E-state index in [4.69, 9.17) is 10.0 Å². The van der Waals surface area contributed by atoms with Crippen LogP contribution in [-0.4, -0.2) is 23.3 Å². The smallest absolute Gasteiger partial charge is 0.485 e. The topological polar surface area (TPSA) is 66.8 Å². The maximum absolute atomic E-state index is 9.71. The van der Waals surface area contributed by atoms with Crippen molar-refractivity contribution in [2.45, 2.75) is 6.92 Å². The molecule has 0 amide bonds. The van der Waals surface area contributed by atoms with Gasteiger partial charge in [0.1, 0.15) is 0 Å². The Morgan fingerprint density at radius 3 is 2.14 bits per heavy atom. The van der Waals surface area contributed by atoms with Gasteiger partial charge in [-0.3, -0.25) is 4.79 Å². The summed E-state index contributed by atoms with van der Waals surface area (Å²) in [5, 5.41) is 15.7. The van der Waals surface area contributed by atoms with Crippen molar-refractivity contribution >= 4 is 13.3 Å². The maximum atomic E-state index is 9.71. The van der Waals surface area contributed by atoms with Crippen molar-refractivity contribution in [1.82, 2.24) is 0 Å². The second-order valence-corrected chi connectivity index (χ2v) is 0.936. The van der Waals surface area contributed by atoms with Crippen LogP contribution in [0.5, 0.6) is 0 Å². The number of hydrogen-bond donors (Lipinski definition) is 2. The van der Waals surface area contributed by atoms with E-state index in [-0.39, 0.29) is 0 Å². The molecule has 0 heterocycles. The molecular formula is C2H5BO4. The van der Waals surface area contributed by atoms with E-state index in [9.17, 15) is 4.79 Å². The molecule has 0 rings (SSSR count). The summed E-state index contributed by atoms with van der Waals surface area (Å²) < 4.78 is 3.72. The van der Waals surface area contributed by atoms with Gasteiger partial charge in [-0.05, 0) is 0 Å². The second-order valence-electron chi connectivity index (χ2n) is 0.936. The molecule has 0 aliphatic heterocycles. The number of hydrogen-bond acceptors (Lipinski definition) is 4. The SMILES string of the molecule is CC(=O)OB(O)O. The van der Waals surface area contributed by atoms with Crippen LogP contribution in [0.1, 0.15) is 6.92 Å². The molecule has 40 valence electrons. The lowest BCUT2D eigenvalue weighted by molar-refractivity contribution is -0.134. The van der Waals surface area contributed by atoms with Gasteiger partial charge in [-0.1, -0.05) is 0 Å². The third-order valence-corrected chi connectivity index (χ3v) is 0.271. The van der Waals surface area contributed by atoms with Crippen molar-refractivity contribution in [2.75, 3.05) is 0 Å². The van der Waals surface area contributed by atoms with Crippen molar-refractivity contribution in [3.63, 3.8) is 0 Å². The summed E-state index contributed by atoms with van der Waals surface area (Å²) in [6, 6.07) is 0. The Bertz CT molecular complexity index is 70.1. The molecule has 5 heteroatoms. The average molecular weight is 104 g/mol. The third-order valence-electron chi connectivity index (χ3n) is 0.271. The highest BCUT2D eigenvalue weighted by atomic mass is 16.6. The van der Waals surface area contributed by atoms with Gasteiger partial charge in [0.2, 0.25) is 0 Å². The Labute approximate surface area is 40.9 Å². The third kappa shape index (κ3) is 5.45. The van der Waals surface area contributed by atoms with Crippen LogP contribution in [0.2, 0.25) is 0 Å². The first kappa shape index (κ1) is 6.45. The van der Waals surface area contributed by atoms with E-state index in [0.717, 1.165) is 6.92 Å². The lowest BCUT2D eigenvalue weighted by atomic mass is 10.3. The van der Waals surface area contributed by atoms with Gasteiger partial charge < -0.3 is 14.7 Å². The average Bonchev–Trinajstić information content (AvgIpc) is 1.27. The molecule has 0 aromatic carbocycles. The molecule has 0 saturated carbocycles. The van der Waals surface area contributed by atoms with Crippen molar-refractivity contribution in [2.24, 2.45) is 0 Å². The van der Waals surface area contributed by atoms with Gasteiger partial charge in [0.15, 0.2) is 0 Å². The number of rotatable bonds is 1. The summed E-state index contributed by atoms with van der Waals surface area (Å²) in [5.74, 6) is -0.713. The first-order valence-electron chi connectivity index (χ1n) is 1.66. The summed E-state index contributed by atoms with van der Waals surface area (Å²) in [5.41, 5.74) is 0. The fourth-order valence-corrected chi connectivity index (χ4v) is 0.148. The second kappa shape index (κ2) is 2.60. The van der Waals surface area contributed by atoms with Crippen LogP contribution in [0.4, 0.5) is 0 Å².